The summed E-state index contributed by atoms with van der Waals surface area (Å²) in [6.07, 6.45) is 0.0545. The van der Waals surface area contributed by atoms with Crippen molar-refractivity contribution in [3.8, 4) is 22.3 Å². The van der Waals surface area contributed by atoms with Gasteiger partial charge in [0, 0.05) is 37.9 Å². The average molecular weight is 1120 g/mol. The van der Waals surface area contributed by atoms with Gasteiger partial charge in [-0.2, -0.15) is 0 Å². The minimum absolute atomic E-state index is 0.00821. The Morgan fingerprint density at radius 1 is 0.598 bits per heavy atom. The number of hydrogen-bond donors (Lipinski definition) is 4. The summed E-state index contributed by atoms with van der Waals surface area (Å²) in [4.78, 5) is 87.3. The summed E-state index contributed by atoms with van der Waals surface area (Å²) in [6.45, 7) is 8.80. The van der Waals surface area contributed by atoms with Crippen LogP contribution >= 0.6 is 11.8 Å². The number of fused-ring (bicyclic) bond motifs is 1. The van der Waals surface area contributed by atoms with E-state index in [1.807, 2.05) is 170 Å². The molecule has 9 rings (SSSR count). The second-order valence-electron chi connectivity index (χ2n) is 20.9. The van der Waals surface area contributed by atoms with Gasteiger partial charge in [0.25, 0.3) is 11.8 Å². The van der Waals surface area contributed by atoms with Crippen LogP contribution in [0.1, 0.15) is 79.0 Å². The first-order valence-corrected chi connectivity index (χ1v) is 27.8. The Labute approximate surface area is 481 Å². The van der Waals surface area contributed by atoms with Gasteiger partial charge in [0.1, 0.15) is 29.2 Å². The second kappa shape index (κ2) is 25.5. The van der Waals surface area contributed by atoms with Gasteiger partial charge in [0.2, 0.25) is 0 Å². The Morgan fingerprint density at radius 3 is 1.52 bits per heavy atom. The van der Waals surface area contributed by atoms with Crippen LogP contribution in [0.25, 0.3) is 28.3 Å². The van der Waals surface area contributed by atoms with Gasteiger partial charge in [-0.3, -0.25) is 14.6 Å². The highest BCUT2D eigenvalue weighted by molar-refractivity contribution is 8.02. The highest BCUT2D eigenvalue weighted by Gasteiger charge is 2.64. The molecular weight excluding hydrogens is 1060 g/mol. The van der Waals surface area contributed by atoms with Gasteiger partial charge in [-0.25, -0.2) is 19.2 Å². The van der Waals surface area contributed by atoms with Gasteiger partial charge in [-0.15, -0.1) is 11.8 Å². The number of aromatic nitrogens is 1. The normalized spacial score (nSPS) is 17.0. The molecule has 0 radical (unpaired) electrons. The van der Waals surface area contributed by atoms with Gasteiger partial charge >= 0.3 is 24.2 Å². The molecular formula is C65H64N6O10S. The molecule has 420 valence electrons. The van der Waals surface area contributed by atoms with Crippen molar-refractivity contribution < 1.29 is 47.7 Å². The Bertz CT molecular complexity index is 3380. The largest absolute Gasteiger partial charge is 0.451 e. The number of carbonyl (C=O) groups is 6. The van der Waals surface area contributed by atoms with Crippen molar-refractivity contribution in [1.29, 1.82) is 0 Å². The summed E-state index contributed by atoms with van der Waals surface area (Å²) in [7, 11) is 0. The lowest BCUT2D eigenvalue weighted by atomic mass is 9.93. The minimum atomic E-state index is -1.23. The molecule has 82 heavy (non-hydrogen) atoms. The molecule has 17 heteroatoms. The SMILES string of the molecule is CC(C)(OC(=O)NCCNC(=O)OC[C@]1(C)SC2C(=Cc3cc(C(=O)NCCNC(=O)OC(C)(C)c4ccc(-c5ccccc5)cc4)ccn3)C(=O)N2[C@H]1C(=O)OC(c1ccccc1)c1ccccc1)c1ccc(-c2ccccc2)cc1. The van der Waals surface area contributed by atoms with E-state index in [-0.39, 0.29) is 38.3 Å². The van der Waals surface area contributed by atoms with E-state index in [1.165, 1.54) is 35.0 Å². The van der Waals surface area contributed by atoms with Gasteiger partial charge in [0.15, 0.2) is 6.10 Å². The second-order valence-corrected chi connectivity index (χ2v) is 22.5. The first kappa shape index (κ1) is 57.5. The number of alkyl carbamates (subject to hydrolysis) is 3. The summed E-state index contributed by atoms with van der Waals surface area (Å²) >= 11 is 1.26. The van der Waals surface area contributed by atoms with E-state index in [1.54, 1.807) is 40.7 Å². The van der Waals surface area contributed by atoms with Gasteiger partial charge in [-0.05, 0) is 97.3 Å². The third-order valence-corrected chi connectivity index (χ3v) is 15.7. The number of ether oxygens (including phenoxy) is 4. The number of carbonyl (C=O) groups excluding carboxylic acids is 6. The maximum absolute atomic E-state index is 14.7. The molecule has 3 atom stereocenters. The smallest absolute Gasteiger partial charge is 0.408 e. The minimum Gasteiger partial charge on any atom is -0.451 e. The molecule has 1 aromatic heterocycles. The molecule has 0 saturated carbocycles. The standard InChI is InChI=1S/C65H64N6O10S/c1-63(2,50-30-26-45(27-31-50)43-18-10-6-11-19-43)80-61(76)69-37-36-67-56(72)49-34-35-66-52(40-49)41-53-57(73)71-55(59(74)79-54(47-22-14-8-15-23-47)48-24-16-9-17-25-48)65(5,82-58(53)71)42-78-60(75)68-38-39-70-62(77)81-64(3,4)51-32-28-46(29-33-51)44-20-12-7-13-21-44/h6-35,40-41,54-55,58H,36-39,42H2,1-5H3,(H,67,72)(H,68,75)(H,69,76)(H,70,77)/t55-,58?,65-/m0/s1. The Kier molecular flexibility index (Phi) is 17.9. The number of β-lactam (4-membered cyclic amide) rings is 1. The highest BCUT2D eigenvalue weighted by Crippen LogP contribution is 2.54. The number of benzene rings is 6. The van der Waals surface area contributed by atoms with E-state index in [0.29, 0.717) is 22.4 Å². The van der Waals surface area contributed by atoms with Gasteiger partial charge in [-0.1, -0.05) is 170 Å². The predicted molar refractivity (Wildman–Crippen MR) is 314 cm³/mol. The van der Waals surface area contributed by atoms with Crippen LogP contribution in [0.15, 0.2) is 194 Å². The summed E-state index contributed by atoms with van der Waals surface area (Å²) in [5.41, 5.74) is 6.25. The van der Waals surface area contributed by atoms with Crippen molar-refractivity contribution >= 4 is 53.9 Å². The first-order valence-electron chi connectivity index (χ1n) is 26.9. The maximum atomic E-state index is 14.7. The lowest BCUT2D eigenvalue weighted by Gasteiger charge is -2.40. The number of esters is 1. The molecule has 16 nitrogen and oxygen atoms in total. The summed E-state index contributed by atoms with van der Waals surface area (Å²) in [5.74, 6) is -1.61. The first-order chi connectivity index (χ1) is 39.5. The third-order valence-electron chi connectivity index (χ3n) is 14.1. The summed E-state index contributed by atoms with van der Waals surface area (Å²) in [6, 6.07) is 55.9. The molecule has 2 saturated heterocycles. The van der Waals surface area contributed by atoms with Crippen molar-refractivity contribution in [2.75, 3.05) is 32.8 Å². The molecule has 0 aliphatic carbocycles. The lowest BCUT2D eigenvalue weighted by Crippen LogP contribution is -2.60. The van der Waals surface area contributed by atoms with E-state index in [9.17, 15) is 28.8 Å². The van der Waals surface area contributed by atoms with Crippen molar-refractivity contribution in [1.82, 2.24) is 31.2 Å². The fraction of sp³-hybridized carbons (Fsp3) is 0.246. The van der Waals surface area contributed by atoms with Crippen LogP contribution < -0.4 is 21.3 Å². The van der Waals surface area contributed by atoms with Crippen molar-refractivity contribution in [2.45, 2.75) is 68.1 Å². The van der Waals surface area contributed by atoms with E-state index < -0.39 is 69.5 Å². The topological polar surface area (TPSA) is 204 Å². The number of nitrogens with one attached hydrogen (secondary N) is 4. The van der Waals surface area contributed by atoms with Crippen LogP contribution in [0.4, 0.5) is 14.4 Å². The fourth-order valence-electron chi connectivity index (χ4n) is 9.71. The van der Waals surface area contributed by atoms with Crippen LogP contribution in [0.5, 0.6) is 0 Å². The molecule has 2 aliphatic heterocycles. The third kappa shape index (κ3) is 13.8. The van der Waals surface area contributed by atoms with Crippen LogP contribution in [0.3, 0.4) is 0 Å². The van der Waals surface area contributed by atoms with Crippen molar-refractivity contribution in [3.63, 3.8) is 0 Å². The Hall–Kier alpha value is -9.22. The zero-order valence-electron chi connectivity index (χ0n) is 46.1. The average Bonchev–Trinajstić information content (AvgIpc) is 3.75. The van der Waals surface area contributed by atoms with Gasteiger partial charge < -0.3 is 45.1 Å². The van der Waals surface area contributed by atoms with Crippen LogP contribution in [-0.2, 0) is 39.7 Å². The molecule has 4 N–H and O–H groups in total. The molecule has 2 fully saturated rings. The predicted octanol–water partition coefficient (Wildman–Crippen LogP) is 11.0. The lowest BCUT2D eigenvalue weighted by molar-refractivity contribution is -0.161. The molecule has 2 aliphatic rings. The highest BCUT2D eigenvalue weighted by atomic mass is 32.2. The monoisotopic (exact) mass is 1120 g/mol. The number of pyridine rings is 1. The number of amides is 5. The van der Waals surface area contributed by atoms with Crippen LogP contribution in [0, 0.1) is 0 Å². The van der Waals surface area contributed by atoms with E-state index in [4.69, 9.17) is 18.9 Å². The maximum Gasteiger partial charge on any atom is 0.408 e. The molecule has 0 spiro atoms. The fourth-order valence-corrected chi connectivity index (χ4v) is 11.3. The zero-order chi connectivity index (χ0) is 57.9. The summed E-state index contributed by atoms with van der Waals surface area (Å²) in [5, 5.41) is 10.1. The molecule has 5 amide bonds. The van der Waals surface area contributed by atoms with E-state index in [0.717, 1.165) is 33.4 Å². The Balaban J connectivity index is 0.808. The number of hydrogen-bond acceptors (Lipinski definition) is 12. The molecule has 7 aromatic rings. The molecule has 3 heterocycles. The van der Waals surface area contributed by atoms with Crippen LogP contribution in [0.2, 0.25) is 0 Å². The molecule has 1 unspecified atom stereocenters. The molecule has 0 bridgehead atoms. The van der Waals surface area contributed by atoms with Gasteiger partial charge in [0.05, 0.1) is 16.0 Å². The number of thioether (sulfide) groups is 1. The number of rotatable bonds is 20. The molecule has 6 aromatic carbocycles. The quantitative estimate of drug-likeness (QED) is 0.0185. The van der Waals surface area contributed by atoms with Crippen LogP contribution in [-0.4, -0.2) is 94.9 Å². The van der Waals surface area contributed by atoms with E-state index >= 15 is 0 Å². The zero-order valence-corrected chi connectivity index (χ0v) is 46.9. The van der Waals surface area contributed by atoms with Crippen molar-refractivity contribution in [2.24, 2.45) is 0 Å². The van der Waals surface area contributed by atoms with E-state index in [2.05, 4.69) is 26.3 Å². The Morgan fingerprint density at radius 2 is 1.04 bits per heavy atom. The summed E-state index contributed by atoms with van der Waals surface area (Å²) < 4.78 is 22.4. The van der Waals surface area contributed by atoms with Crippen molar-refractivity contribution in [3.05, 3.63) is 227 Å². The number of nitrogens with zero attached hydrogens (tertiary/aromatic N) is 2.